The molecular formula is C28H29N5O3S2. The third-order valence-electron chi connectivity index (χ3n) is 6.66. The van der Waals surface area contributed by atoms with Crippen LogP contribution in [0.3, 0.4) is 0 Å². The van der Waals surface area contributed by atoms with Crippen LogP contribution in [0.15, 0.2) is 79.0 Å². The van der Waals surface area contributed by atoms with Crippen LogP contribution in [-0.2, 0) is 10.0 Å². The van der Waals surface area contributed by atoms with Crippen LogP contribution in [0.5, 0.6) is 5.75 Å². The van der Waals surface area contributed by atoms with E-state index in [9.17, 15) is 8.42 Å². The van der Waals surface area contributed by atoms with Crippen LogP contribution in [-0.4, -0.2) is 36.4 Å². The first-order chi connectivity index (χ1) is 18.2. The lowest BCUT2D eigenvalue weighted by Gasteiger charge is -2.29. The highest BCUT2D eigenvalue weighted by Gasteiger charge is 2.42. The van der Waals surface area contributed by atoms with E-state index in [2.05, 4.69) is 51.6 Å². The fourth-order valence-corrected chi connectivity index (χ4v) is 6.04. The zero-order chi connectivity index (χ0) is 27.0. The highest BCUT2D eigenvalue weighted by atomic mass is 32.2. The fraction of sp³-hybridized carbons (Fsp3) is 0.214. The van der Waals surface area contributed by atoms with Crippen molar-refractivity contribution in [3.63, 3.8) is 0 Å². The first kappa shape index (κ1) is 25.7. The van der Waals surface area contributed by atoms with Crippen LogP contribution in [0.4, 0.5) is 11.4 Å². The quantitative estimate of drug-likeness (QED) is 0.313. The van der Waals surface area contributed by atoms with E-state index in [-0.39, 0.29) is 12.1 Å². The molecule has 0 bridgehead atoms. The number of benzene rings is 2. The van der Waals surface area contributed by atoms with Crippen molar-refractivity contribution in [2.45, 2.75) is 25.9 Å². The Labute approximate surface area is 228 Å². The molecule has 0 spiro atoms. The van der Waals surface area contributed by atoms with Crippen molar-refractivity contribution in [2.75, 3.05) is 23.0 Å². The van der Waals surface area contributed by atoms with Gasteiger partial charge in [-0.3, -0.25) is 9.71 Å². The van der Waals surface area contributed by atoms with Gasteiger partial charge in [-0.2, -0.15) is 0 Å². The molecule has 8 nitrogen and oxygen atoms in total. The molecule has 10 heteroatoms. The van der Waals surface area contributed by atoms with E-state index in [0.717, 1.165) is 40.3 Å². The molecule has 196 valence electrons. The molecule has 0 radical (unpaired) electrons. The van der Waals surface area contributed by atoms with E-state index in [1.54, 1.807) is 18.3 Å². The number of nitrogens with zero attached hydrogens (tertiary/aromatic N) is 3. The molecule has 2 N–H and O–H groups in total. The fourth-order valence-electron chi connectivity index (χ4n) is 5.14. The smallest absolute Gasteiger partial charge is 0.229 e. The number of hydrogen-bond acceptors (Lipinski definition) is 5. The second-order valence-electron chi connectivity index (χ2n) is 9.25. The normalized spacial score (nSPS) is 17.4. The molecule has 2 aromatic carbocycles. The van der Waals surface area contributed by atoms with Crippen molar-refractivity contribution in [2.24, 2.45) is 0 Å². The number of thiocarbonyl (C=S) groups is 1. The molecule has 0 unspecified atom stereocenters. The Balaban J connectivity index is 1.68. The molecule has 2 atom stereocenters. The molecule has 38 heavy (non-hydrogen) atoms. The third kappa shape index (κ3) is 4.84. The third-order valence-corrected chi connectivity index (χ3v) is 7.56. The van der Waals surface area contributed by atoms with E-state index in [1.165, 1.54) is 7.11 Å². The Morgan fingerprint density at radius 1 is 1.00 bits per heavy atom. The van der Waals surface area contributed by atoms with Crippen molar-refractivity contribution < 1.29 is 13.2 Å². The van der Waals surface area contributed by atoms with Crippen LogP contribution >= 0.6 is 12.2 Å². The second kappa shape index (κ2) is 10.1. The van der Waals surface area contributed by atoms with E-state index in [0.29, 0.717) is 16.5 Å². The monoisotopic (exact) mass is 547 g/mol. The summed E-state index contributed by atoms with van der Waals surface area (Å²) in [6.07, 6.45) is 2.88. The lowest BCUT2D eigenvalue weighted by atomic mass is 9.96. The van der Waals surface area contributed by atoms with Gasteiger partial charge in [0.15, 0.2) is 5.11 Å². The number of rotatable bonds is 7. The molecule has 4 aromatic rings. The summed E-state index contributed by atoms with van der Waals surface area (Å²) in [4.78, 5) is 6.67. The van der Waals surface area contributed by atoms with Gasteiger partial charge in [-0.15, -0.1) is 0 Å². The van der Waals surface area contributed by atoms with Gasteiger partial charge in [0.05, 0.1) is 36.8 Å². The summed E-state index contributed by atoms with van der Waals surface area (Å²) < 4.78 is 34.4. The van der Waals surface area contributed by atoms with Gasteiger partial charge in [0.25, 0.3) is 0 Å². The number of hydrogen-bond donors (Lipinski definition) is 2. The second-order valence-corrected chi connectivity index (χ2v) is 11.4. The lowest BCUT2D eigenvalue weighted by molar-refractivity contribution is 0.417. The van der Waals surface area contributed by atoms with Crippen molar-refractivity contribution >= 4 is 38.7 Å². The molecule has 0 aliphatic carbocycles. The van der Waals surface area contributed by atoms with Gasteiger partial charge >= 0.3 is 0 Å². The number of ether oxygens (including phenoxy) is 1. The highest BCUT2D eigenvalue weighted by molar-refractivity contribution is 7.92. The van der Waals surface area contributed by atoms with Crippen LogP contribution < -0.4 is 19.7 Å². The summed E-state index contributed by atoms with van der Waals surface area (Å²) in [5, 5.41) is 3.99. The predicted octanol–water partition coefficient (Wildman–Crippen LogP) is 5.05. The standard InChI is InChI=1S/C28H29N5O3S2/c1-18-16-22(19(2)32(18)20-10-6-5-7-11-20)27-26(23-12-8-9-15-29-23)30-28(37)33(27)21-13-14-25(36-3)24(17-21)31-38(4,34)35/h5-17,26-27,31H,1-4H3,(H,30,37)/t26-,27+/m0/s1. The highest BCUT2D eigenvalue weighted by Crippen LogP contribution is 2.45. The number of sulfonamides is 1. The molecule has 5 rings (SSSR count). The molecule has 2 aromatic heterocycles. The minimum atomic E-state index is -3.53. The zero-order valence-corrected chi connectivity index (χ0v) is 23.2. The summed E-state index contributed by atoms with van der Waals surface area (Å²) in [6.45, 7) is 4.20. The van der Waals surface area contributed by atoms with Crippen LogP contribution in [0.1, 0.15) is 34.7 Å². The molecule has 1 fully saturated rings. The Bertz CT molecular complexity index is 1590. The van der Waals surface area contributed by atoms with Crippen molar-refractivity contribution in [3.05, 3.63) is 102 Å². The van der Waals surface area contributed by atoms with Gasteiger partial charge in [0.1, 0.15) is 5.75 Å². The number of methoxy groups -OCH3 is 1. The van der Waals surface area contributed by atoms with E-state index >= 15 is 0 Å². The maximum absolute atomic E-state index is 12.1. The van der Waals surface area contributed by atoms with Crippen molar-refractivity contribution in [1.29, 1.82) is 0 Å². The number of para-hydroxylation sites is 1. The van der Waals surface area contributed by atoms with Crippen LogP contribution in [0.25, 0.3) is 5.69 Å². The van der Waals surface area contributed by atoms with Crippen LogP contribution in [0, 0.1) is 13.8 Å². The van der Waals surface area contributed by atoms with Crippen molar-refractivity contribution in [1.82, 2.24) is 14.9 Å². The van der Waals surface area contributed by atoms with Crippen molar-refractivity contribution in [3.8, 4) is 11.4 Å². The predicted molar refractivity (Wildman–Crippen MR) is 155 cm³/mol. The lowest BCUT2D eigenvalue weighted by Crippen LogP contribution is -2.29. The van der Waals surface area contributed by atoms with Gasteiger partial charge in [-0.1, -0.05) is 24.3 Å². The van der Waals surface area contributed by atoms with Gasteiger partial charge in [-0.25, -0.2) is 8.42 Å². The number of nitrogens with one attached hydrogen (secondary N) is 2. The molecule has 1 saturated heterocycles. The molecule has 1 aliphatic heterocycles. The molecule has 0 saturated carbocycles. The summed E-state index contributed by atoms with van der Waals surface area (Å²) in [5.74, 6) is 0.414. The maximum Gasteiger partial charge on any atom is 0.229 e. The Morgan fingerprint density at radius 2 is 1.74 bits per heavy atom. The Hall–Kier alpha value is -3.89. The minimum absolute atomic E-state index is 0.234. The number of pyridine rings is 1. The Kier molecular flexibility index (Phi) is 6.85. The first-order valence-electron chi connectivity index (χ1n) is 12.1. The van der Waals surface area contributed by atoms with E-state index < -0.39 is 10.0 Å². The first-order valence-corrected chi connectivity index (χ1v) is 14.4. The van der Waals surface area contributed by atoms with Gasteiger partial charge in [0, 0.05) is 29.0 Å². The topological polar surface area (TPSA) is 88.5 Å². The number of aryl methyl sites for hydroxylation is 1. The molecule has 0 amide bonds. The summed E-state index contributed by atoms with van der Waals surface area (Å²) in [5.41, 5.74) is 6.26. The largest absolute Gasteiger partial charge is 0.495 e. The molecular weight excluding hydrogens is 518 g/mol. The summed E-state index contributed by atoms with van der Waals surface area (Å²) >= 11 is 5.88. The Morgan fingerprint density at radius 3 is 2.39 bits per heavy atom. The molecule has 1 aliphatic rings. The zero-order valence-electron chi connectivity index (χ0n) is 21.5. The average molecular weight is 548 g/mol. The number of anilines is 2. The van der Waals surface area contributed by atoms with Gasteiger partial charge in [-0.05, 0) is 80.2 Å². The summed E-state index contributed by atoms with van der Waals surface area (Å²) in [7, 11) is -2.03. The number of aromatic nitrogens is 2. The maximum atomic E-state index is 12.1. The molecule has 3 heterocycles. The van der Waals surface area contributed by atoms with Gasteiger partial charge in [0.2, 0.25) is 10.0 Å². The minimum Gasteiger partial charge on any atom is -0.495 e. The summed E-state index contributed by atoms with van der Waals surface area (Å²) in [6, 6.07) is 23.1. The van der Waals surface area contributed by atoms with E-state index in [1.807, 2.05) is 47.4 Å². The SMILES string of the molecule is COc1ccc(N2C(=S)N[C@@H](c3ccccn3)[C@H]2c2cc(C)n(-c3ccccc3)c2C)cc1NS(C)(=O)=O. The van der Waals surface area contributed by atoms with Crippen LogP contribution in [0.2, 0.25) is 0 Å². The average Bonchev–Trinajstić information content (AvgIpc) is 3.39. The van der Waals surface area contributed by atoms with E-state index in [4.69, 9.17) is 17.0 Å². The van der Waals surface area contributed by atoms with Gasteiger partial charge < -0.3 is 19.5 Å².